The van der Waals surface area contributed by atoms with Gasteiger partial charge in [-0.15, -0.1) is 0 Å². The van der Waals surface area contributed by atoms with Gasteiger partial charge in [-0.25, -0.2) is 4.79 Å². The van der Waals surface area contributed by atoms with Crippen molar-refractivity contribution in [3.63, 3.8) is 0 Å². The Balaban J connectivity index is 2.11. The van der Waals surface area contributed by atoms with Crippen LogP contribution in [0.4, 0.5) is 0 Å². The van der Waals surface area contributed by atoms with E-state index in [1.807, 2.05) is 6.07 Å². The fraction of sp³-hybridized carbons (Fsp3) is 0.333. The van der Waals surface area contributed by atoms with E-state index >= 15 is 0 Å². The first-order valence-electron chi connectivity index (χ1n) is 6.57. The maximum absolute atomic E-state index is 12.0. The lowest BCUT2D eigenvalue weighted by molar-refractivity contribution is 0.0617. The van der Waals surface area contributed by atoms with Crippen LogP contribution in [0.1, 0.15) is 23.2 Å². The summed E-state index contributed by atoms with van der Waals surface area (Å²) in [6.07, 6.45) is 2.56. The Labute approximate surface area is 117 Å². The van der Waals surface area contributed by atoms with Crippen LogP contribution in [-0.2, 0) is 9.47 Å². The predicted molar refractivity (Wildman–Crippen MR) is 75.4 cm³/mol. The molecule has 0 amide bonds. The van der Waals surface area contributed by atoms with Crippen molar-refractivity contribution in [3.05, 3.63) is 47.4 Å². The molecule has 1 fully saturated rings. The number of benzene rings is 1. The molecular formula is C15H18N2O3. The molecule has 5 heteroatoms. The molecule has 1 aliphatic heterocycles. The van der Waals surface area contributed by atoms with Crippen LogP contribution in [0.3, 0.4) is 0 Å². The molecule has 0 radical (unpaired) electrons. The zero-order valence-electron chi connectivity index (χ0n) is 11.2. The highest BCUT2D eigenvalue weighted by atomic mass is 16.5. The molecule has 0 aliphatic carbocycles. The van der Waals surface area contributed by atoms with Gasteiger partial charge in [0.05, 0.1) is 17.5 Å². The quantitative estimate of drug-likeness (QED) is 0.500. The maximum atomic E-state index is 12.0. The lowest BCUT2D eigenvalue weighted by atomic mass is 9.96. The molecule has 0 saturated carbocycles. The lowest BCUT2D eigenvalue weighted by Crippen LogP contribution is -2.24. The van der Waals surface area contributed by atoms with E-state index in [1.165, 1.54) is 0 Å². The SMILES string of the molecule is N=CC(OC(=O)c1ccccc1)=C(N)C1CCOCC1. The standard InChI is InChI=1S/C15H18N2O3/c16-10-13(14(17)11-6-8-19-9-7-11)20-15(18)12-4-2-1-3-5-12/h1-5,10-11,16H,6-9,17H2. The maximum Gasteiger partial charge on any atom is 0.343 e. The van der Waals surface area contributed by atoms with Gasteiger partial charge in [-0.3, -0.25) is 0 Å². The molecule has 3 N–H and O–H groups in total. The topological polar surface area (TPSA) is 85.4 Å². The van der Waals surface area contributed by atoms with Crippen molar-refractivity contribution in [2.75, 3.05) is 13.2 Å². The molecule has 1 aromatic carbocycles. The van der Waals surface area contributed by atoms with Gasteiger partial charge in [0.1, 0.15) is 0 Å². The van der Waals surface area contributed by atoms with Crippen LogP contribution >= 0.6 is 0 Å². The van der Waals surface area contributed by atoms with Crippen molar-refractivity contribution in [1.29, 1.82) is 5.41 Å². The molecule has 0 unspecified atom stereocenters. The van der Waals surface area contributed by atoms with Gasteiger partial charge in [-0.05, 0) is 25.0 Å². The Kier molecular flexibility index (Phi) is 4.90. The summed E-state index contributed by atoms with van der Waals surface area (Å²) in [6, 6.07) is 8.65. The molecule has 0 atom stereocenters. The van der Waals surface area contributed by atoms with Gasteiger partial charge >= 0.3 is 5.97 Å². The Morgan fingerprint density at radius 3 is 2.55 bits per heavy atom. The summed E-state index contributed by atoms with van der Waals surface area (Å²) >= 11 is 0. The van der Waals surface area contributed by atoms with E-state index in [-0.39, 0.29) is 11.7 Å². The Bertz CT molecular complexity index is 505. The highest BCUT2D eigenvalue weighted by molar-refractivity contribution is 5.92. The summed E-state index contributed by atoms with van der Waals surface area (Å²) in [7, 11) is 0. The number of hydrogen-bond acceptors (Lipinski definition) is 5. The number of nitrogens with two attached hydrogens (primary N) is 1. The molecule has 0 bridgehead atoms. The summed E-state index contributed by atoms with van der Waals surface area (Å²) in [6.45, 7) is 1.28. The molecule has 0 aromatic heterocycles. The Morgan fingerprint density at radius 2 is 1.95 bits per heavy atom. The summed E-state index contributed by atoms with van der Waals surface area (Å²) in [4.78, 5) is 12.0. The molecule has 1 aromatic rings. The van der Waals surface area contributed by atoms with Gasteiger partial charge in [0.15, 0.2) is 5.76 Å². The van der Waals surface area contributed by atoms with E-state index in [0.29, 0.717) is 24.5 Å². The largest absolute Gasteiger partial charge is 0.419 e. The second-order valence-corrected chi connectivity index (χ2v) is 4.61. The Hall–Kier alpha value is -2.14. The molecule has 1 aliphatic rings. The van der Waals surface area contributed by atoms with E-state index in [0.717, 1.165) is 19.1 Å². The fourth-order valence-corrected chi connectivity index (χ4v) is 2.11. The minimum Gasteiger partial charge on any atom is -0.419 e. The van der Waals surface area contributed by atoms with E-state index in [1.54, 1.807) is 24.3 Å². The third-order valence-electron chi connectivity index (χ3n) is 3.29. The van der Waals surface area contributed by atoms with Crippen molar-refractivity contribution in [3.8, 4) is 0 Å². The number of carbonyl (C=O) groups excluding carboxylic acids is 1. The molecule has 106 valence electrons. The first kappa shape index (κ1) is 14.3. The minimum absolute atomic E-state index is 0.101. The van der Waals surface area contributed by atoms with Crippen LogP contribution in [0.5, 0.6) is 0 Å². The summed E-state index contributed by atoms with van der Waals surface area (Å²) in [5.41, 5.74) is 6.91. The number of ether oxygens (including phenoxy) is 2. The van der Waals surface area contributed by atoms with Crippen LogP contribution in [-0.4, -0.2) is 25.4 Å². The smallest absolute Gasteiger partial charge is 0.343 e. The summed E-state index contributed by atoms with van der Waals surface area (Å²) in [5.74, 6) is -0.270. The fourth-order valence-electron chi connectivity index (χ4n) is 2.11. The minimum atomic E-state index is -0.501. The molecule has 1 heterocycles. The van der Waals surface area contributed by atoms with Crippen LogP contribution in [0.25, 0.3) is 0 Å². The highest BCUT2D eigenvalue weighted by Gasteiger charge is 2.21. The third kappa shape index (κ3) is 3.45. The van der Waals surface area contributed by atoms with Crippen LogP contribution in [0.15, 0.2) is 41.8 Å². The van der Waals surface area contributed by atoms with E-state index in [9.17, 15) is 4.79 Å². The second-order valence-electron chi connectivity index (χ2n) is 4.61. The van der Waals surface area contributed by atoms with Crippen molar-refractivity contribution in [2.45, 2.75) is 12.8 Å². The summed E-state index contributed by atoms with van der Waals surface area (Å²) in [5, 5.41) is 7.39. The van der Waals surface area contributed by atoms with Crippen LogP contribution in [0, 0.1) is 11.3 Å². The summed E-state index contributed by atoms with van der Waals surface area (Å²) < 4.78 is 10.5. The van der Waals surface area contributed by atoms with E-state index < -0.39 is 5.97 Å². The van der Waals surface area contributed by atoms with Gasteiger partial charge in [0.25, 0.3) is 0 Å². The molecule has 5 nitrogen and oxygen atoms in total. The van der Waals surface area contributed by atoms with Crippen LogP contribution in [0.2, 0.25) is 0 Å². The molecular weight excluding hydrogens is 256 g/mol. The zero-order chi connectivity index (χ0) is 14.4. The third-order valence-corrected chi connectivity index (χ3v) is 3.29. The number of rotatable bonds is 4. The number of esters is 1. The number of hydrogen-bond donors (Lipinski definition) is 2. The van der Waals surface area contributed by atoms with Gasteiger partial charge in [0.2, 0.25) is 0 Å². The molecule has 2 rings (SSSR count). The van der Waals surface area contributed by atoms with Crippen LogP contribution < -0.4 is 5.73 Å². The monoisotopic (exact) mass is 274 g/mol. The highest BCUT2D eigenvalue weighted by Crippen LogP contribution is 2.22. The van der Waals surface area contributed by atoms with Gasteiger partial charge in [0, 0.05) is 19.1 Å². The van der Waals surface area contributed by atoms with Gasteiger partial charge in [-0.2, -0.15) is 0 Å². The first-order valence-corrected chi connectivity index (χ1v) is 6.57. The average Bonchev–Trinajstić information content (AvgIpc) is 2.53. The average molecular weight is 274 g/mol. The van der Waals surface area contributed by atoms with Gasteiger partial charge < -0.3 is 20.6 Å². The van der Waals surface area contributed by atoms with Gasteiger partial charge in [-0.1, -0.05) is 18.2 Å². The number of nitrogens with one attached hydrogen (secondary N) is 1. The van der Waals surface area contributed by atoms with Crippen molar-refractivity contribution >= 4 is 12.2 Å². The van der Waals surface area contributed by atoms with Crippen molar-refractivity contribution in [2.24, 2.45) is 11.7 Å². The van der Waals surface area contributed by atoms with Crippen molar-refractivity contribution in [1.82, 2.24) is 0 Å². The Morgan fingerprint density at radius 1 is 1.30 bits per heavy atom. The van der Waals surface area contributed by atoms with E-state index in [4.69, 9.17) is 20.6 Å². The normalized spacial score (nSPS) is 17.2. The lowest BCUT2D eigenvalue weighted by Gasteiger charge is -2.23. The predicted octanol–water partition coefficient (Wildman–Crippen LogP) is 2.09. The first-order chi connectivity index (χ1) is 9.72. The second kappa shape index (κ2) is 6.86. The molecule has 20 heavy (non-hydrogen) atoms. The molecule has 1 saturated heterocycles. The number of allylic oxidation sites excluding steroid dienone is 2. The number of carbonyl (C=O) groups is 1. The van der Waals surface area contributed by atoms with Crippen molar-refractivity contribution < 1.29 is 14.3 Å². The zero-order valence-corrected chi connectivity index (χ0v) is 11.2. The van der Waals surface area contributed by atoms with E-state index in [2.05, 4.69) is 0 Å². The molecule has 0 spiro atoms.